The molecule has 1 aromatic rings. The quantitative estimate of drug-likeness (QED) is 0.796. The third-order valence-electron chi connectivity index (χ3n) is 2.04. The molecule has 2 heteroatoms. The number of benzene rings is 1. The maximum atomic E-state index is 3.44. The van der Waals surface area contributed by atoms with Gasteiger partial charge in [-0.25, -0.2) is 0 Å². The summed E-state index contributed by atoms with van der Waals surface area (Å²) in [5.41, 5.74) is 1.37. The van der Waals surface area contributed by atoms with E-state index in [0.29, 0.717) is 0 Å². The SMILES string of the molecule is CC(C)CN(C)Cc1ccc(Br)cc1. The lowest BCUT2D eigenvalue weighted by Crippen LogP contribution is -2.22. The minimum atomic E-state index is 0.732. The molecule has 1 rings (SSSR count). The largest absolute Gasteiger partial charge is 0.302 e. The van der Waals surface area contributed by atoms with Crippen LogP contribution in [0.4, 0.5) is 0 Å². The van der Waals surface area contributed by atoms with Crippen molar-refractivity contribution in [2.75, 3.05) is 13.6 Å². The van der Waals surface area contributed by atoms with Crippen LogP contribution in [0.1, 0.15) is 19.4 Å². The lowest BCUT2D eigenvalue weighted by atomic mass is 10.2. The van der Waals surface area contributed by atoms with Crippen molar-refractivity contribution in [1.82, 2.24) is 4.90 Å². The molecule has 0 atom stereocenters. The van der Waals surface area contributed by atoms with Crippen LogP contribution >= 0.6 is 15.9 Å². The van der Waals surface area contributed by atoms with Gasteiger partial charge >= 0.3 is 0 Å². The summed E-state index contributed by atoms with van der Waals surface area (Å²) in [6.45, 7) is 6.68. The van der Waals surface area contributed by atoms with E-state index in [1.807, 2.05) is 0 Å². The average molecular weight is 256 g/mol. The van der Waals surface area contributed by atoms with Crippen molar-refractivity contribution in [2.24, 2.45) is 5.92 Å². The van der Waals surface area contributed by atoms with Crippen LogP contribution in [-0.4, -0.2) is 18.5 Å². The third kappa shape index (κ3) is 4.25. The first-order valence-corrected chi connectivity index (χ1v) is 5.80. The minimum Gasteiger partial charge on any atom is -0.302 e. The maximum Gasteiger partial charge on any atom is 0.0230 e. The first kappa shape index (κ1) is 11.7. The number of halogens is 1. The van der Waals surface area contributed by atoms with E-state index in [-0.39, 0.29) is 0 Å². The molecule has 0 aliphatic rings. The van der Waals surface area contributed by atoms with E-state index in [1.165, 1.54) is 5.56 Å². The number of rotatable bonds is 4. The molecule has 0 radical (unpaired) electrons. The molecule has 0 unspecified atom stereocenters. The summed E-state index contributed by atoms with van der Waals surface area (Å²) < 4.78 is 1.15. The van der Waals surface area contributed by atoms with Gasteiger partial charge in [-0.1, -0.05) is 41.9 Å². The molecule has 0 aliphatic carbocycles. The molecule has 0 bridgehead atoms. The topological polar surface area (TPSA) is 3.24 Å². The smallest absolute Gasteiger partial charge is 0.0230 e. The summed E-state index contributed by atoms with van der Waals surface area (Å²) in [4.78, 5) is 2.36. The van der Waals surface area contributed by atoms with Crippen LogP contribution in [0, 0.1) is 5.92 Å². The molecule has 1 aromatic carbocycles. The zero-order valence-corrected chi connectivity index (χ0v) is 10.7. The minimum absolute atomic E-state index is 0.732. The van der Waals surface area contributed by atoms with Crippen LogP contribution in [0.3, 0.4) is 0 Å². The summed E-state index contributed by atoms with van der Waals surface area (Å²) in [6.07, 6.45) is 0. The second-order valence-corrected chi connectivity index (χ2v) is 5.13. The van der Waals surface area contributed by atoms with Crippen molar-refractivity contribution in [1.29, 1.82) is 0 Å². The molecule has 0 amide bonds. The summed E-state index contributed by atoms with van der Waals surface area (Å²) in [5.74, 6) is 0.732. The second kappa shape index (κ2) is 5.52. The van der Waals surface area contributed by atoms with Gasteiger partial charge in [0, 0.05) is 17.6 Å². The summed E-state index contributed by atoms with van der Waals surface area (Å²) in [7, 11) is 2.17. The van der Waals surface area contributed by atoms with Crippen LogP contribution < -0.4 is 0 Å². The molecule has 0 N–H and O–H groups in total. The molecule has 14 heavy (non-hydrogen) atoms. The van der Waals surface area contributed by atoms with Crippen molar-refractivity contribution in [3.8, 4) is 0 Å². The number of hydrogen-bond acceptors (Lipinski definition) is 1. The van der Waals surface area contributed by atoms with Crippen LogP contribution in [-0.2, 0) is 6.54 Å². The maximum absolute atomic E-state index is 3.44. The monoisotopic (exact) mass is 255 g/mol. The van der Waals surface area contributed by atoms with Gasteiger partial charge in [0.05, 0.1) is 0 Å². The van der Waals surface area contributed by atoms with Gasteiger partial charge in [-0.05, 0) is 30.7 Å². The van der Waals surface area contributed by atoms with E-state index in [2.05, 4.69) is 66.0 Å². The van der Waals surface area contributed by atoms with Crippen molar-refractivity contribution < 1.29 is 0 Å². The fraction of sp³-hybridized carbons (Fsp3) is 0.500. The van der Waals surface area contributed by atoms with Gasteiger partial charge in [-0.2, -0.15) is 0 Å². The molecule has 1 nitrogen and oxygen atoms in total. The van der Waals surface area contributed by atoms with E-state index in [1.54, 1.807) is 0 Å². The molecule has 0 heterocycles. The van der Waals surface area contributed by atoms with Gasteiger partial charge < -0.3 is 4.90 Å². The Hall–Kier alpha value is -0.340. The fourth-order valence-corrected chi connectivity index (χ4v) is 1.85. The van der Waals surface area contributed by atoms with Gasteiger partial charge in [0.15, 0.2) is 0 Å². The first-order valence-electron chi connectivity index (χ1n) is 5.01. The number of nitrogens with zero attached hydrogens (tertiary/aromatic N) is 1. The normalized spacial score (nSPS) is 11.3. The fourth-order valence-electron chi connectivity index (χ4n) is 1.59. The van der Waals surface area contributed by atoms with E-state index in [0.717, 1.165) is 23.5 Å². The van der Waals surface area contributed by atoms with E-state index < -0.39 is 0 Å². The third-order valence-corrected chi connectivity index (χ3v) is 2.57. The van der Waals surface area contributed by atoms with Gasteiger partial charge in [-0.15, -0.1) is 0 Å². The van der Waals surface area contributed by atoms with Gasteiger partial charge in [0.2, 0.25) is 0 Å². The standard InChI is InChI=1S/C12H18BrN/c1-10(2)8-14(3)9-11-4-6-12(13)7-5-11/h4-7,10H,8-9H2,1-3H3. The Balaban J connectivity index is 2.47. The van der Waals surface area contributed by atoms with Gasteiger partial charge in [-0.3, -0.25) is 0 Å². The Morgan fingerprint density at radius 3 is 2.29 bits per heavy atom. The first-order chi connectivity index (χ1) is 6.58. The molecular formula is C12H18BrN. The summed E-state index contributed by atoms with van der Waals surface area (Å²) in [6, 6.07) is 8.53. The highest BCUT2D eigenvalue weighted by Gasteiger charge is 2.02. The Labute approximate surface area is 95.2 Å². The van der Waals surface area contributed by atoms with Crippen molar-refractivity contribution in [3.63, 3.8) is 0 Å². The molecule has 0 aromatic heterocycles. The predicted molar refractivity (Wildman–Crippen MR) is 65.3 cm³/mol. The Bertz CT molecular complexity index is 266. The highest BCUT2D eigenvalue weighted by Crippen LogP contribution is 2.12. The molecule has 0 saturated heterocycles. The Kier molecular flexibility index (Phi) is 4.63. The van der Waals surface area contributed by atoms with Crippen molar-refractivity contribution in [3.05, 3.63) is 34.3 Å². The van der Waals surface area contributed by atoms with E-state index >= 15 is 0 Å². The highest BCUT2D eigenvalue weighted by atomic mass is 79.9. The Morgan fingerprint density at radius 2 is 1.79 bits per heavy atom. The van der Waals surface area contributed by atoms with Crippen LogP contribution in [0.2, 0.25) is 0 Å². The van der Waals surface area contributed by atoms with Crippen molar-refractivity contribution in [2.45, 2.75) is 20.4 Å². The zero-order valence-electron chi connectivity index (χ0n) is 9.13. The highest BCUT2D eigenvalue weighted by molar-refractivity contribution is 9.10. The summed E-state index contributed by atoms with van der Waals surface area (Å²) in [5, 5.41) is 0. The lowest BCUT2D eigenvalue weighted by molar-refractivity contribution is 0.288. The number of hydrogen-bond donors (Lipinski definition) is 0. The molecule has 0 spiro atoms. The molecular weight excluding hydrogens is 238 g/mol. The van der Waals surface area contributed by atoms with Crippen LogP contribution in [0.15, 0.2) is 28.7 Å². The molecule has 78 valence electrons. The van der Waals surface area contributed by atoms with E-state index in [4.69, 9.17) is 0 Å². The average Bonchev–Trinajstić information content (AvgIpc) is 2.07. The molecule has 0 saturated carbocycles. The zero-order chi connectivity index (χ0) is 10.6. The predicted octanol–water partition coefficient (Wildman–Crippen LogP) is 3.54. The lowest BCUT2D eigenvalue weighted by Gasteiger charge is -2.18. The summed E-state index contributed by atoms with van der Waals surface area (Å²) >= 11 is 3.44. The van der Waals surface area contributed by atoms with E-state index in [9.17, 15) is 0 Å². The van der Waals surface area contributed by atoms with Crippen LogP contribution in [0.25, 0.3) is 0 Å². The van der Waals surface area contributed by atoms with Crippen LogP contribution in [0.5, 0.6) is 0 Å². The molecule has 0 fully saturated rings. The second-order valence-electron chi connectivity index (χ2n) is 4.22. The van der Waals surface area contributed by atoms with Gasteiger partial charge in [0.25, 0.3) is 0 Å². The Morgan fingerprint density at radius 1 is 1.21 bits per heavy atom. The van der Waals surface area contributed by atoms with Gasteiger partial charge in [0.1, 0.15) is 0 Å². The van der Waals surface area contributed by atoms with Crippen molar-refractivity contribution >= 4 is 15.9 Å². The molecule has 0 aliphatic heterocycles.